The van der Waals surface area contributed by atoms with Gasteiger partial charge in [0, 0.05) is 27.1 Å². The van der Waals surface area contributed by atoms with Crippen molar-refractivity contribution in [1.29, 1.82) is 0 Å². The molecule has 0 bridgehead atoms. The molecule has 0 saturated carbocycles. The van der Waals surface area contributed by atoms with Gasteiger partial charge in [0.15, 0.2) is 5.65 Å². The second kappa shape index (κ2) is 5.46. The van der Waals surface area contributed by atoms with Gasteiger partial charge in [0.05, 0.1) is 15.9 Å². The first kappa shape index (κ1) is 15.3. The van der Waals surface area contributed by atoms with Crippen molar-refractivity contribution in [1.82, 2.24) is 14.0 Å². The van der Waals surface area contributed by atoms with Crippen LogP contribution in [-0.2, 0) is 0 Å². The molecule has 29 heavy (non-hydrogen) atoms. The van der Waals surface area contributed by atoms with Crippen LogP contribution in [0.1, 0.15) is 0 Å². The van der Waals surface area contributed by atoms with Gasteiger partial charge in [-0.3, -0.25) is 8.97 Å². The number of imidazole rings is 1. The van der Waals surface area contributed by atoms with E-state index in [4.69, 9.17) is 4.98 Å². The van der Waals surface area contributed by atoms with E-state index in [2.05, 4.69) is 94.0 Å². The summed E-state index contributed by atoms with van der Waals surface area (Å²) in [5, 5.41) is 3.81. The van der Waals surface area contributed by atoms with Crippen LogP contribution >= 0.6 is 11.3 Å². The monoisotopic (exact) mass is 389 g/mol. The summed E-state index contributed by atoms with van der Waals surface area (Å²) in [7, 11) is 0. The molecule has 0 amide bonds. The largest absolute Gasteiger partial charge is 0.292 e. The lowest BCUT2D eigenvalue weighted by Gasteiger charge is -2.09. The minimum absolute atomic E-state index is 0.973. The molecule has 0 spiro atoms. The average Bonchev–Trinajstić information content (AvgIpc) is 3.42. The van der Waals surface area contributed by atoms with Gasteiger partial charge in [0.25, 0.3) is 0 Å². The van der Waals surface area contributed by atoms with Crippen LogP contribution in [-0.4, -0.2) is 14.0 Å². The molecule has 7 aromatic rings. The van der Waals surface area contributed by atoms with E-state index in [0.717, 1.165) is 16.8 Å². The highest BCUT2D eigenvalue weighted by Gasteiger charge is 2.19. The standard InChI is InChI=1S/C25H15N3S/c1-3-11-19-18(9-1)23-25(27-15-6-5-14-22(27)26-23)28(19)20-12-7-10-17-16-8-2-4-13-21(16)29-24(17)20/h1-15H. The number of para-hydroxylation sites is 1. The Bertz CT molecular complexity index is 1710. The van der Waals surface area contributed by atoms with E-state index in [1.165, 1.54) is 36.8 Å². The highest BCUT2D eigenvalue weighted by Crippen LogP contribution is 2.40. The number of fused-ring (bicyclic) bond motifs is 8. The van der Waals surface area contributed by atoms with Crippen LogP contribution in [0.5, 0.6) is 0 Å². The Kier molecular flexibility index (Phi) is 2.88. The molecule has 0 aliphatic carbocycles. The van der Waals surface area contributed by atoms with Crippen LogP contribution < -0.4 is 0 Å². The average molecular weight is 389 g/mol. The van der Waals surface area contributed by atoms with Gasteiger partial charge in [-0.15, -0.1) is 11.3 Å². The van der Waals surface area contributed by atoms with E-state index in [9.17, 15) is 0 Å². The summed E-state index contributed by atoms with van der Waals surface area (Å²) in [5.74, 6) is 0. The number of rotatable bonds is 1. The van der Waals surface area contributed by atoms with Crippen LogP contribution in [0.15, 0.2) is 91.1 Å². The van der Waals surface area contributed by atoms with Crippen LogP contribution in [0.25, 0.3) is 53.6 Å². The van der Waals surface area contributed by atoms with Crippen molar-refractivity contribution in [2.45, 2.75) is 0 Å². The molecule has 0 radical (unpaired) electrons. The van der Waals surface area contributed by atoms with Crippen molar-refractivity contribution in [3.63, 3.8) is 0 Å². The van der Waals surface area contributed by atoms with Crippen LogP contribution in [0.2, 0.25) is 0 Å². The second-order valence-corrected chi connectivity index (χ2v) is 8.37. The maximum Gasteiger partial charge on any atom is 0.150 e. The van der Waals surface area contributed by atoms with Crippen molar-refractivity contribution in [2.24, 2.45) is 0 Å². The summed E-state index contributed by atoms with van der Waals surface area (Å²) in [6, 6.07) is 30.0. The normalized spacial score (nSPS) is 12.1. The lowest BCUT2D eigenvalue weighted by atomic mass is 10.1. The summed E-state index contributed by atoms with van der Waals surface area (Å²) in [6.45, 7) is 0. The minimum Gasteiger partial charge on any atom is -0.292 e. The topological polar surface area (TPSA) is 22.2 Å². The van der Waals surface area contributed by atoms with E-state index in [1.807, 2.05) is 17.4 Å². The van der Waals surface area contributed by atoms with E-state index < -0.39 is 0 Å². The lowest BCUT2D eigenvalue weighted by molar-refractivity contribution is 1.10. The van der Waals surface area contributed by atoms with Crippen molar-refractivity contribution in [3.05, 3.63) is 91.1 Å². The third-order valence-electron chi connectivity index (χ3n) is 5.74. The smallest absolute Gasteiger partial charge is 0.150 e. The Hall–Kier alpha value is -3.63. The van der Waals surface area contributed by atoms with Crippen molar-refractivity contribution in [3.8, 4) is 5.69 Å². The van der Waals surface area contributed by atoms with Crippen molar-refractivity contribution in [2.75, 3.05) is 0 Å². The third kappa shape index (κ3) is 1.94. The first-order chi connectivity index (χ1) is 14.4. The first-order valence-corrected chi connectivity index (χ1v) is 10.5. The summed E-state index contributed by atoms with van der Waals surface area (Å²) in [6.07, 6.45) is 2.10. The quantitative estimate of drug-likeness (QED) is 0.303. The highest BCUT2D eigenvalue weighted by molar-refractivity contribution is 7.26. The number of hydrogen-bond donors (Lipinski definition) is 0. The zero-order valence-corrected chi connectivity index (χ0v) is 16.2. The predicted octanol–water partition coefficient (Wildman–Crippen LogP) is 6.80. The Morgan fingerprint density at radius 1 is 0.690 bits per heavy atom. The van der Waals surface area contributed by atoms with Crippen LogP contribution in [0, 0.1) is 0 Å². The molecule has 4 heteroatoms. The molecule has 4 aromatic heterocycles. The number of pyridine rings is 1. The second-order valence-electron chi connectivity index (χ2n) is 7.32. The minimum atomic E-state index is 0.973. The fourth-order valence-corrected chi connectivity index (χ4v) is 5.72. The zero-order chi connectivity index (χ0) is 18.9. The Morgan fingerprint density at radius 2 is 1.48 bits per heavy atom. The number of thiophene rings is 1. The number of aromatic nitrogens is 3. The predicted molar refractivity (Wildman–Crippen MR) is 122 cm³/mol. The molecule has 0 N–H and O–H groups in total. The molecule has 0 atom stereocenters. The SMILES string of the molecule is c1ccc2c(c1)sc1c(-n3c4ccccc4c4nc5ccccn5c43)cccc12. The van der Waals surface area contributed by atoms with Gasteiger partial charge in [-0.1, -0.05) is 54.6 Å². The van der Waals surface area contributed by atoms with Gasteiger partial charge >= 0.3 is 0 Å². The van der Waals surface area contributed by atoms with Gasteiger partial charge in [-0.2, -0.15) is 0 Å². The summed E-state index contributed by atoms with van der Waals surface area (Å²) in [5.41, 5.74) is 5.53. The molecule has 0 saturated heterocycles. The Balaban J connectivity index is 1.74. The summed E-state index contributed by atoms with van der Waals surface area (Å²) < 4.78 is 7.20. The number of benzene rings is 3. The van der Waals surface area contributed by atoms with Gasteiger partial charge in [0.1, 0.15) is 11.2 Å². The Labute approximate surface area is 170 Å². The maximum atomic E-state index is 4.96. The highest BCUT2D eigenvalue weighted by atomic mass is 32.1. The molecule has 3 aromatic carbocycles. The molecule has 0 aliphatic heterocycles. The molecule has 0 aliphatic rings. The van der Waals surface area contributed by atoms with E-state index in [0.29, 0.717) is 0 Å². The van der Waals surface area contributed by atoms with Gasteiger partial charge in [0.2, 0.25) is 0 Å². The van der Waals surface area contributed by atoms with Crippen LogP contribution in [0.3, 0.4) is 0 Å². The number of nitrogens with zero attached hydrogens (tertiary/aromatic N) is 3. The fourth-order valence-electron chi connectivity index (χ4n) is 4.51. The molecule has 7 rings (SSSR count). The zero-order valence-electron chi connectivity index (χ0n) is 15.4. The molecule has 0 fully saturated rings. The molecule has 0 unspecified atom stereocenters. The number of hydrogen-bond acceptors (Lipinski definition) is 2. The molecular formula is C25H15N3S. The lowest BCUT2D eigenvalue weighted by Crippen LogP contribution is -1.97. The third-order valence-corrected chi connectivity index (χ3v) is 6.95. The van der Waals surface area contributed by atoms with Gasteiger partial charge in [-0.25, -0.2) is 4.98 Å². The Morgan fingerprint density at radius 3 is 2.45 bits per heavy atom. The summed E-state index contributed by atoms with van der Waals surface area (Å²) >= 11 is 1.86. The van der Waals surface area contributed by atoms with Crippen LogP contribution in [0.4, 0.5) is 0 Å². The summed E-state index contributed by atoms with van der Waals surface area (Å²) in [4.78, 5) is 4.96. The van der Waals surface area contributed by atoms with Gasteiger partial charge < -0.3 is 0 Å². The van der Waals surface area contributed by atoms with Crippen molar-refractivity contribution >= 4 is 59.2 Å². The molecule has 3 nitrogen and oxygen atoms in total. The van der Waals surface area contributed by atoms with E-state index >= 15 is 0 Å². The molecule has 4 heterocycles. The van der Waals surface area contributed by atoms with Gasteiger partial charge in [-0.05, 0) is 30.3 Å². The molecular weight excluding hydrogens is 374 g/mol. The maximum absolute atomic E-state index is 4.96. The molecule has 136 valence electrons. The van der Waals surface area contributed by atoms with E-state index in [1.54, 1.807) is 0 Å². The van der Waals surface area contributed by atoms with E-state index in [-0.39, 0.29) is 0 Å². The first-order valence-electron chi connectivity index (χ1n) is 9.67. The van der Waals surface area contributed by atoms with Crippen molar-refractivity contribution < 1.29 is 0 Å². The fraction of sp³-hybridized carbons (Fsp3) is 0.